The summed E-state index contributed by atoms with van der Waals surface area (Å²) in [6.45, 7) is 0.227. The number of benzene rings is 3. The lowest BCUT2D eigenvalue weighted by Crippen LogP contribution is -2.28. The number of ether oxygens (including phenoxy) is 1. The van der Waals surface area contributed by atoms with Crippen LogP contribution in [0.25, 0.3) is 0 Å². The lowest BCUT2D eigenvalue weighted by Gasteiger charge is -2.18. The second kappa shape index (κ2) is 8.50. The number of carbonyl (C=O) groups is 2. The van der Waals surface area contributed by atoms with Crippen LogP contribution in [0.15, 0.2) is 78.9 Å². The molecule has 0 aliphatic carbocycles. The number of nitrogens with zero attached hydrogens (tertiary/aromatic N) is 2. The summed E-state index contributed by atoms with van der Waals surface area (Å²) in [5, 5.41) is 12.2. The minimum absolute atomic E-state index is 0.0906. The van der Waals surface area contributed by atoms with Crippen molar-refractivity contribution in [2.24, 2.45) is 5.92 Å². The molecule has 0 radical (unpaired) electrons. The molecule has 148 valence electrons. The summed E-state index contributed by atoms with van der Waals surface area (Å²) in [6, 6.07) is 25.5. The number of rotatable bonds is 5. The molecule has 0 bridgehead atoms. The van der Waals surface area contributed by atoms with Crippen LogP contribution in [0.1, 0.15) is 12.0 Å². The van der Waals surface area contributed by atoms with Gasteiger partial charge in [0.2, 0.25) is 11.8 Å². The first-order chi connectivity index (χ1) is 14.7. The average Bonchev–Trinajstić information content (AvgIpc) is 3.17. The molecule has 1 N–H and O–H groups in total. The van der Waals surface area contributed by atoms with E-state index in [-0.39, 0.29) is 24.8 Å². The fourth-order valence-electron chi connectivity index (χ4n) is 3.43. The minimum Gasteiger partial charge on any atom is -0.455 e. The van der Waals surface area contributed by atoms with Crippen molar-refractivity contribution in [1.82, 2.24) is 0 Å². The molecular formula is C24H19N3O3. The topological polar surface area (TPSA) is 82.4 Å². The smallest absolute Gasteiger partial charge is 0.229 e. The second-order valence-electron chi connectivity index (χ2n) is 6.93. The molecule has 6 heteroatoms. The van der Waals surface area contributed by atoms with Crippen molar-refractivity contribution in [3.05, 3.63) is 84.4 Å². The van der Waals surface area contributed by atoms with Gasteiger partial charge in [0, 0.05) is 13.0 Å². The summed E-state index contributed by atoms with van der Waals surface area (Å²) < 4.78 is 5.89. The van der Waals surface area contributed by atoms with E-state index in [9.17, 15) is 14.9 Å². The predicted octanol–water partition coefficient (Wildman–Crippen LogP) is 4.34. The predicted molar refractivity (Wildman–Crippen MR) is 113 cm³/mol. The van der Waals surface area contributed by atoms with Crippen molar-refractivity contribution in [3.63, 3.8) is 0 Å². The van der Waals surface area contributed by atoms with Gasteiger partial charge in [0.25, 0.3) is 0 Å². The Morgan fingerprint density at radius 1 is 1.00 bits per heavy atom. The first kappa shape index (κ1) is 19.2. The van der Waals surface area contributed by atoms with E-state index in [0.717, 1.165) is 0 Å². The molecule has 1 saturated heterocycles. The Morgan fingerprint density at radius 2 is 1.70 bits per heavy atom. The highest BCUT2D eigenvalue weighted by atomic mass is 16.5. The Bertz CT molecular complexity index is 1120. The number of hydrogen-bond acceptors (Lipinski definition) is 4. The third-order valence-electron chi connectivity index (χ3n) is 4.93. The third kappa shape index (κ3) is 4.01. The number of amides is 2. The van der Waals surface area contributed by atoms with Crippen LogP contribution in [0.3, 0.4) is 0 Å². The summed E-state index contributed by atoms with van der Waals surface area (Å²) in [5.74, 6) is 0.229. The quantitative estimate of drug-likeness (QED) is 0.694. The maximum Gasteiger partial charge on any atom is 0.229 e. The van der Waals surface area contributed by atoms with Crippen LogP contribution in [0, 0.1) is 17.2 Å². The Hall–Kier alpha value is -4.11. The van der Waals surface area contributed by atoms with E-state index >= 15 is 0 Å². The van der Waals surface area contributed by atoms with Crippen molar-refractivity contribution in [3.8, 4) is 17.6 Å². The zero-order valence-electron chi connectivity index (χ0n) is 16.1. The highest BCUT2D eigenvalue weighted by molar-refractivity contribution is 6.04. The number of para-hydroxylation sites is 4. The van der Waals surface area contributed by atoms with Crippen molar-refractivity contribution in [2.45, 2.75) is 6.42 Å². The number of nitrogens with one attached hydrogen (secondary N) is 1. The molecule has 3 aromatic carbocycles. The summed E-state index contributed by atoms with van der Waals surface area (Å²) in [7, 11) is 0. The van der Waals surface area contributed by atoms with Crippen LogP contribution < -0.4 is 15.0 Å². The lowest BCUT2D eigenvalue weighted by molar-refractivity contribution is -0.122. The Balaban J connectivity index is 1.49. The van der Waals surface area contributed by atoms with E-state index in [1.165, 1.54) is 4.90 Å². The number of carbonyl (C=O) groups excluding carboxylic acids is 2. The van der Waals surface area contributed by atoms with Gasteiger partial charge in [0.15, 0.2) is 5.75 Å². The molecule has 4 rings (SSSR count). The van der Waals surface area contributed by atoms with Crippen molar-refractivity contribution in [1.29, 1.82) is 5.26 Å². The molecule has 1 heterocycles. The molecule has 3 aromatic rings. The standard InChI is InChI=1S/C24H19N3O3/c25-15-17-8-4-6-12-21(17)27-16-18(14-23(27)28)24(29)26-20-11-5-7-13-22(20)30-19-9-2-1-3-10-19/h1-13,18H,14,16H2,(H,26,29). The van der Waals surface area contributed by atoms with Gasteiger partial charge in [-0.05, 0) is 36.4 Å². The van der Waals surface area contributed by atoms with E-state index in [0.29, 0.717) is 28.4 Å². The van der Waals surface area contributed by atoms with Crippen LogP contribution in [0.4, 0.5) is 11.4 Å². The zero-order chi connectivity index (χ0) is 20.9. The molecule has 1 aliphatic heterocycles. The molecule has 0 spiro atoms. The lowest BCUT2D eigenvalue weighted by atomic mass is 10.1. The minimum atomic E-state index is -0.519. The van der Waals surface area contributed by atoms with Crippen LogP contribution in [-0.4, -0.2) is 18.4 Å². The Morgan fingerprint density at radius 3 is 2.50 bits per heavy atom. The summed E-state index contributed by atoms with van der Waals surface area (Å²) in [5.41, 5.74) is 1.48. The molecule has 0 saturated carbocycles. The number of nitriles is 1. The number of hydrogen-bond donors (Lipinski definition) is 1. The summed E-state index contributed by atoms with van der Waals surface area (Å²) >= 11 is 0. The third-order valence-corrected chi connectivity index (χ3v) is 4.93. The zero-order valence-corrected chi connectivity index (χ0v) is 16.1. The van der Waals surface area contributed by atoms with Gasteiger partial charge >= 0.3 is 0 Å². The van der Waals surface area contributed by atoms with E-state index in [1.807, 2.05) is 42.5 Å². The molecule has 6 nitrogen and oxygen atoms in total. The molecule has 1 unspecified atom stereocenters. The normalized spacial score (nSPS) is 15.5. The largest absolute Gasteiger partial charge is 0.455 e. The molecule has 1 fully saturated rings. The molecule has 2 amide bonds. The van der Waals surface area contributed by atoms with Gasteiger partial charge in [-0.1, -0.05) is 42.5 Å². The number of anilines is 2. The molecule has 1 atom stereocenters. The van der Waals surface area contributed by atoms with Gasteiger partial charge in [-0.25, -0.2) is 0 Å². The van der Waals surface area contributed by atoms with Crippen LogP contribution >= 0.6 is 0 Å². The fourth-order valence-corrected chi connectivity index (χ4v) is 3.43. The first-order valence-corrected chi connectivity index (χ1v) is 9.58. The maximum absolute atomic E-state index is 12.9. The van der Waals surface area contributed by atoms with Crippen LogP contribution in [0.5, 0.6) is 11.5 Å². The van der Waals surface area contributed by atoms with Crippen LogP contribution in [-0.2, 0) is 9.59 Å². The van der Waals surface area contributed by atoms with Crippen LogP contribution in [0.2, 0.25) is 0 Å². The highest BCUT2D eigenvalue weighted by Crippen LogP contribution is 2.32. The van der Waals surface area contributed by atoms with Gasteiger partial charge in [0.05, 0.1) is 22.9 Å². The van der Waals surface area contributed by atoms with E-state index < -0.39 is 5.92 Å². The van der Waals surface area contributed by atoms with Crippen molar-refractivity contribution >= 4 is 23.2 Å². The Labute approximate surface area is 174 Å². The van der Waals surface area contributed by atoms with E-state index in [1.54, 1.807) is 36.4 Å². The summed E-state index contributed by atoms with van der Waals surface area (Å²) in [6.07, 6.45) is 0.0906. The first-order valence-electron chi connectivity index (χ1n) is 9.58. The molecule has 30 heavy (non-hydrogen) atoms. The monoisotopic (exact) mass is 397 g/mol. The van der Waals surface area contributed by atoms with Gasteiger partial charge in [-0.3, -0.25) is 9.59 Å². The Kier molecular flexibility index (Phi) is 5.44. The van der Waals surface area contributed by atoms with Gasteiger partial charge < -0.3 is 15.0 Å². The van der Waals surface area contributed by atoms with Gasteiger partial charge in [-0.2, -0.15) is 5.26 Å². The van der Waals surface area contributed by atoms with E-state index in [4.69, 9.17) is 4.74 Å². The maximum atomic E-state index is 12.9. The van der Waals surface area contributed by atoms with Gasteiger partial charge in [0.1, 0.15) is 11.8 Å². The van der Waals surface area contributed by atoms with E-state index in [2.05, 4.69) is 11.4 Å². The SMILES string of the molecule is N#Cc1ccccc1N1CC(C(=O)Nc2ccccc2Oc2ccccc2)CC1=O. The average molecular weight is 397 g/mol. The van der Waals surface area contributed by atoms with Crippen molar-refractivity contribution in [2.75, 3.05) is 16.8 Å². The second-order valence-corrected chi connectivity index (χ2v) is 6.93. The van der Waals surface area contributed by atoms with Crippen molar-refractivity contribution < 1.29 is 14.3 Å². The molecule has 0 aromatic heterocycles. The summed E-state index contributed by atoms with van der Waals surface area (Å²) in [4.78, 5) is 26.9. The molecule has 1 aliphatic rings. The highest BCUT2D eigenvalue weighted by Gasteiger charge is 2.36. The fraction of sp³-hybridized carbons (Fsp3) is 0.125. The molecular weight excluding hydrogens is 378 g/mol. The van der Waals surface area contributed by atoms with Gasteiger partial charge in [-0.15, -0.1) is 0 Å².